The van der Waals surface area contributed by atoms with Crippen LogP contribution in [0, 0.1) is 0 Å². The van der Waals surface area contributed by atoms with E-state index in [0.29, 0.717) is 0 Å². The molecule has 4 heteroatoms. The van der Waals surface area contributed by atoms with Gasteiger partial charge in [-0.15, -0.1) is 0 Å². The number of hydrogen-bond donors (Lipinski definition) is 0. The number of amides is 1. The SMILES string of the molecule is CCC[C@@H]1CC(Cl)=C[C@@H](C)N1C(=O)OC(C)(C)C. The summed E-state index contributed by atoms with van der Waals surface area (Å²) in [5.74, 6) is 0. The van der Waals surface area contributed by atoms with E-state index in [1.807, 2.05) is 38.7 Å². The minimum absolute atomic E-state index is 0.00218. The molecule has 0 fully saturated rings. The minimum atomic E-state index is -0.460. The first-order valence-corrected chi connectivity index (χ1v) is 7.00. The van der Waals surface area contributed by atoms with Crippen LogP contribution in [0.4, 0.5) is 4.79 Å². The smallest absolute Gasteiger partial charge is 0.411 e. The molecule has 18 heavy (non-hydrogen) atoms. The lowest BCUT2D eigenvalue weighted by Crippen LogP contribution is -2.49. The van der Waals surface area contributed by atoms with Crippen molar-refractivity contribution in [3.05, 3.63) is 11.1 Å². The van der Waals surface area contributed by atoms with Gasteiger partial charge in [0.1, 0.15) is 5.60 Å². The van der Waals surface area contributed by atoms with Gasteiger partial charge >= 0.3 is 6.09 Å². The summed E-state index contributed by atoms with van der Waals surface area (Å²) in [6.07, 6.45) is 4.40. The first kappa shape index (κ1) is 15.4. The summed E-state index contributed by atoms with van der Waals surface area (Å²) in [6.45, 7) is 9.75. The Morgan fingerprint density at radius 2 is 2.17 bits per heavy atom. The predicted octanol–water partition coefficient (Wildman–Crippen LogP) is 4.31. The monoisotopic (exact) mass is 273 g/mol. The number of nitrogens with zero attached hydrogens (tertiary/aromatic N) is 1. The van der Waals surface area contributed by atoms with E-state index in [1.165, 1.54) is 0 Å². The molecule has 1 amide bonds. The van der Waals surface area contributed by atoms with Crippen molar-refractivity contribution in [2.45, 2.75) is 71.6 Å². The van der Waals surface area contributed by atoms with E-state index < -0.39 is 5.60 Å². The molecule has 0 aromatic heterocycles. The van der Waals surface area contributed by atoms with Crippen molar-refractivity contribution in [2.24, 2.45) is 0 Å². The zero-order chi connectivity index (χ0) is 13.9. The fourth-order valence-electron chi connectivity index (χ4n) is 2.27. The summed E-state index contributed by atoms with van der Waals surface area (Å²) in [6, 6.07) is 0.148. The molecule has 0 aliphatic carbocycles. The molecule has 0 saturated heterocycles. The quantitative estimate of drug-likeness (QED) is 0.750. The highest BCUT2D eigenvalue weighted by molar-refractivity contribution is 6.29. The fourth-order valence-corrected chi connectivity index (χ4v) is 2.63. The molecule has 0 unspecified atom stereocenters. The van der Waals surface area contributed by atoms with Crippen LogP contribution in [0.3, 0.4) is 0 Å². The summed E-state index contributed by atoms with van der Waals surface area (Å²) in [5, 5.41) is 0.848. The molecule has 0 saturated carbocycles. The van der Waals surface area contributed by atoms with Gasteiger partial charge in [0.15, 0.2) is 0 Å². The second-order valence-electron chi connectivity index (χ2n) is 5.89. The third-order valence-electron chi connectivity index (χ3n) is 2.91. The minimum Gasteiger partial charge on any atom is -0.444 e. The van der Waals surface area contributed by atoms with Gasteiger partial charge in [0.05, 0.1) is 6.04 Å². The van der Waals surface area contributed by atoms with Crippen molar-refractivity contribution in [2.75, 3.05) is 0 Å². The van der Waals surface area contributed by atoms with E-state index in [9.17, 15) is 4.79 Å². The molecule has 3 nitrogen and oxygen atoms in total. The highest BCUT2D eigenvalue weighted by Gasteiger charge is 2.33. The molecule has 0 aromatic carbocycles. The highest BCUT2D eigenvalue weighted by atomic mass is 35.5. The van der Waals surface area contributed by atoms with Gasteiger partial charge in [-0.05, 0) is 40.2 Å². The number of hydrogen-bond acceptors (Lipinski definition) is 2. The third kappa shape index (κ3) is 4.20. The molecule has 1 rings (SSSR count). The summed E-state index contributed by atoms with van der Waals surface area (Å²) >= 11 is 6.13. The standard InChI is InChI=1S/C14H24ClNO2/c1-6-7-12-9-11(15)8-10(2)16(12)13(17)18-14(3,4)5/h8,10,12H,6-7,9H2,1-5H3/t10-,12-/m1/s1. The Balaban J connectivity index is 2.84. The van der Waals surface area contributed by atoms with Gasteiger partial charge < -0.3 is 4.74 Å². The van der Waals surface area contributed by atoms with Gasteiger partial charge in [-0.2, -0.15) is 0 Å². The van der Waals surface area contributed by atoms with Gasteiger partial charge in [0.2, 0.25) is 0 Å². The van der Waals surface area contributed by atoms with Crippen LogP contribution in [0.25, 0.3) is 0 Å². The summed E-state index contributed by atoms with van der Waals surface area (Å²) < 4.78 is 5.47. The first-order chi connectivity index (χ1) is 8.24. The van der Waals surface area contributed by atoms with E-state index in [4.69, 9.17) is 16.3 Å². The Hall–Kier alpha value is -0.700. The zero-order valence-electron chi connectivity index (χ0n) is 12.0. The number of halogens is 1. The topological polar surface area (TPSA) is 29.5 Å². The van der Waals surface area contributed by atoms with Crippen LogP contribution in [0.2, 0.25) is 0 Å². The molecular formula is C14H24ClNO2. The summed E-state index contributed by atoms with van der Waals surface area (Å²) in [7, 11) is 0. The van der Waals surface area contributed by atoms with Crippen molar-refractivity contribution < 1.29 is 9.53 Å². The largest absolute Gasteiger partial charge is 0.444 e. The van der Waals surface area contributed by atoms with Gasteiger partial charge in [-0.3, -0.25) is 4.90 Å². The lowest BCUT2D eigenvalue weighted by molar-refractivity contribution is 0.00860. The van der Waals surface area contributed by atoms with Gasteiger partial charge in [0, 0.05) is 17.5 Å². The molecule has 1 aliphatic rings. The molecule has 0 aromatic rings. The summed E-state index contributed by atoms with van der Waals surface area (Å²) in [4.78, 5) is 14.1. The van der Waals surface area contributed by atoms with Crippen molar-refractivity contribution in [3.63, 3.8) is 0 Å². The molecular weight excluding hydrogens is 250 g/mol. The molecule has 1 aliphatic heterocycles. The number of ether oxygens (including phenoxy) is 1. The Bertz CT molecular complexity index is 333. The highest BCUT2D eigenvalue weighted by Crippen LogP contribution is 2.29. The summed E-state index contributed by atoms with van der Waals surface area (Å²) in [5.41, 5.74) is -0.460. The van der Waals surface area contributed by atoms with Gasteiger partial charge in [0.25, 0.3) is 0 Å². The third-order valence-corrected chi connectivity index (χ3v) is 3.19. The molecule has 104 valence electrons. The van der Waals surface area contributed by atoms with E-state index in [-0.39, 0.29) is 18.2 Å². The molecule has 0 bridgehead atoms. The number of carbonyl (C=O) groups is 1. The van der Waals surface area contributed by atoms with Crippen LogP contribution in [0.5, 0.6) is 0 Å². The van der Waals surface area contributed by atoms with E-state index in [1.54, 1.807) is 0 Å². The average molecular weight is 274 g/mol. The second-order valence-corrected chi connectivity index (χ2v) is 6.37. The van der Waals surface area contributed by atoms with Crippen LogP contribution in [-0.2, 0) is 4.74 Å². The van der Waals surface area contributed by atoms with Crippen molar-refractivity contribution in [3.8, 4) is 0 Å². The zero-order valence-corrected chi connectivity index (χ0v) is 12.8. The Kier molecular flexibility index (Phi) is 5.09. The van der Waals surface area contributed by atoms with Crippen LogP contribution < -0.4 is 0 Å². The molecule has 1 heterocycles. The maximum Gasteiger partial charge on any atom is 0.411 e. The predicted molar refractivity (Wildman–Crippen MR) is 74.8 cm³/mol. The Morgan fingerprint density at radius 1 is 1.56 bits per heavy atom. The van der Waals surface area contributed by atoms with Crippen molar-refractivity contribution in [1.29, 1.82) is 0 Å². The normalized spacial score (nSPS) is 24.8. The second kappa shape index (κ2) is 5.96. The van der Waals surface area contributed by atoms with E-state index >= 15 is 0 Å². The van der Waals surface area contributed by atoms with Crippen LogP contribution >= 0.6 is 11.6 Å². The Labute approximate surface area is 115 Å². The van der Waals surface area contributed by atoms with Crippen molar-refractivity contribution in [1.82, 2.24) is 4.90 Å². The first-order valence-electron chi connectivity index (χ1n) is 6.62. The molecule has 0 spiro atoms. The lowest BCUT2D eigenvalue weighted by atomic mass is 9.99. The Morgan fingerprint density at radius 3 is 2.67 bits per heavy atom. The van der Waals surface area contributed by atoms with Gasteiger partial charge in [-0.25, -0.2) is 4.79 Å². The van der Waals surface area contributed by atoms with Crippen LogP contribution in [0.1, 0.15) is 53.9 Å². The molecule has 0 N–H and O–H groups in total. The maximum atomic E-state index is 12.2. The van der Waals surface area contributed by atoms with E-state index in [0.717, 1.165) is 24.3 Å². The fraction of sp³-hybridized carbons (Fsp3) is 0.786. The molecule has 2 atom stereocenters. The lowest BCUT2D eigenvalue weighted by Gasteiger charge is -2.39. The van der Waals surface area contributed by atoms with E-state index in [2.05, 4.69) is 6.92 Å². The molecule has 0 radical (unpaired) electrons. The average Bonchev–Trinajstić information content (AvgIpc) is 2.13. The number of rotatable bonds is 2. The number of carbonyl (C=O) groups excluding carboxylic acids is 1. The van der Waals surface area contributed by atoms with Crippen LogP contribution in [-0.4, -0.2) is 28.7 Å². The maximum absolute atomic E-state index is 12.2. The van der Waals surface area contributed by atoms with Gasteiger partial charge in [-0.1, -0.05) is 24.9 Å². The van der Waals surface area contributed by atoms with Crippen LogP contribution in [0.15, 0.2) is 11.1 Å². The van der Waals surface area contributed by atoms with Crippen molar-refractivity contribution >= 4 is 17.7 Å².